The molecule has 0 aliphatic carbocycles. The van der Waals surface area contributed by atoms with Gasteiger partial charge in [-0.3, -0.25) is 0 Å². The summed E-state index contributed by atoms with van der Waals surface area (Å²) in [4.78, 5) is 0. The van der Waals surface area contributed by atoms with E-state index >= 15 is 0 Å². The molecule has 2 aliphatic rings. The van der Waals surface area contributed by atoms with Crippen molar-refractivity contribution in [3.05, 3.63) is 210 Å². The molecular weight excluding hydrogens is 635 g/mol. The number of ether oxygens (including phenoxy) is 2. The summed E-state index contributed by atoms with van der Waals surface area (Å²) < 4.78 is 16.2. The smallest absolute Gasteiger partial charge is 0.132 e. The van der Waals surface area contributed by atoms with Crippen LogP contribution in [-0.2, 0) is 5.41 Å². The van der Waals surface area contributed by atoms with E-state index in [0.717, 1.165) is 78.7 Å². The first-order valence-corrected chi connectivity index (χ1v) is 17.8. The lowest BCUT2D eigenvalue weighted by Gasteiger charge is -2.46. The minimum atomic E-state index is -0.780. The Morgan fingerprint density at radius 3 is 1.60 bits per heavy atom. The fourth-order valence-electron chi connectivity index (χ4n) is 8.96. The fraction of sp³-hybridized carbons (Fsp3) is 0.0204. The molecule has 0 bridgehead atoms. The Morgan fingerprint density at radius 1 is 0.365 bits per heavy atom. The van der Waals surface area contributed by atoms with Crippen molar-refractivity contribution >= 4 is 21.8 Å². The van der Waals surface area contributed by atoms with Crippen molar-refractivity contribution in [3.8, 4) is 50.9 Å². The van der Waals surface area contributed by atoms with Crippen LogP contribution in [0.1, 0.15) is 22.3 Å². The van der Waals surface area contributed by atoms with Gasteiger partial charge in [-0.25, -0.2) is 0 Å². The van der Waals surface area contributed by atoms with Gasteiger partial charge in [0.05, 0.1) is 16.4 Å². The molecule has 244 valence electrons. The Hall–Kier alpha value is -6.84. The van der Waals surface area contributed by atoms with Gasteiger partial charge in [0.2, 0.25) is 0 Å². The number of benzene rings is 8. The Morgan fingerprint density at radius 2 is 0.865 bits per heavy atom. The maximum Gasteiger partial charge on any atom is 0.132 e. The number of fused-ring (bicyclic) bond motifs is 11. The number of nitrogens with zero attached hydrogens (tertiary/aromatic N) is 1. The maximum atomic E-state index is 7.09. The average molecular weight is 666 g/mol. The van der Waals surface area contributed by atoms with Gasteiger partial charge in [0.1, 0.15) is 23.0 Å². The summed E-state index contributed by atoms with van der Waals surface area (Å²) in [6.07, 6.45) is 0. The lowest BCUT2D eigenvalue weighted by Crippen LogP contribution is -2.38. The number of rotatable bonds is 3. The molecule has 2 aliphatic heterocycles. The average Bonchev–Trinajstić information content (AvgIpc) is 3.56. The first kappa shape index (κ1) is 28.9. The summed E-state index contributed by atoms with van der Waals surface area (Å²) >= 11 is 0. The topological polar surface area (TPSA) is 23.4 Å². The molecule has 52 heavy (non-hydrogen) atoms. The molecule has 0 N–H and O–H groups in total. The van der Waals surface area contributed by atoms with Crippen molar-refractivity contribution in [1.29, 1.82) is 0 Å². The lowest BCUT2D eigenvalue weighted by molar-refractivity contribution is 0.400. The quantitative estimate of drug-likeness (QED) is 0.187. The summed E-state index contributed by atoms with van der Waals surface area (Å²) in [6, 6.07) is 66.9. The van der Waals surface area contributed by atoms with Crippen molar-refractivity contribution in [2.24, 2.45) is 0 Å². The van der Waals surface area contributed by atoms with E-state index in [1.54, 1.807) is 0 Å². The molecule has 0 saturated carbocycles. The normalized spacial score (nSPS) is 13.5. The number of hydrogen-bond donors (Lipinski definition) is 0. The highest BCUT2D eigenvalue weighted by Gasteiger charge is 2.53. The zero-order valence-corrected chi connectivity index (χ0v) is 28.2. The van der Waals surface area contributed by atoms with Gasteiger partial charge < -0.3 is 14.0 Å². The van der Waals surface area contributed by atoms with Crippen LogP contribution in [0.2, 0.25) is 0 Å². The van der Waals surface area contributed by atoms with Crippen molar-refractivity contribution < 1.29 is 9.47 Å². The minimum absolute atomic E-state index is 0.780. The van der Waals surface area contributed by atoms with Gasteiger partial charge in [0.25, 0.3) is 0 Å². The lowest BCUT2D eigenvalue weighted by atomic mass is 9.59. The molecular formula is C49H31NO2. The highest BCUT2D eigenvalue weighted by atomic mass is 16.5. The molecule has 1 spiro atoms. The highest BCUT2D eigenvalue weighted by Crippen LogP contribution is 2.65. The van der Waals surface area contributed by atoms with Crippen LogP contribution < -0.4 is 9.47 Å². The van der Waals surface area contributed by atoms with Crippen LogP contribution in [0.4, 0.5) is 0 Å². The van der Waals surface area contributed by atoms with Crippen LogP contribution in [0.5, 0.6) is 23.0 Å². The van der Waals surface area contributed by atoms with E-state index in [1.807, 2.05) is 0 Å². The van der Waals surface area contributed by atoms with E-state index in [4.69, 9.17) is 9.47 Å². The fourth-order valence-corrected chi connectivity index (χ4v) is 8.96. The molecule has 0 saturated heterocycles. The van der Waals surface area contributed by atoms with Crippen LogP contribution in [0.15, 0.2) is 188 Å². The van der Waals surface area contributed by atoms with Gasteiger partial charge in [-0.05, 0) is 70.8 Å². The first-order valence-electron chi connectivity index (χ1n) is 17.8. The SMILES string of the molecule is c1ccc(-c2cccc3c2C2(c4ccccc4Oc4ccccc42)c2c(cccc2-c2cccc4c2c2ccccc2n4-c2ccccc2)O3)cc1. The van der Waals surface area contributed by atoms with Crippen LogP contribution >= 0.6 is 0 Å². The molecule has 3 heteroatoms. The van der Waals surface area contributed by atoms with Crippen LogP contribution in [0.25, 0.3) is 49.7 Å². The van der Waals surface area contributed by atoms with Crippen LogP contribution in [0, 0.1) is 0 Å². The third kappa shape index (κ3) is 3.91. The number of para-hydroxylation sites is 4. The predicted octanol–water partition coefficient (Wildman–Crippen LogP) is 12.7. The van der Waals surface area contributed by atoms with E-state index in [0.29, 0.717) is 0 Å². The third-order valence-corrected chi connectivity index (χ3v) is 10.9. The summed E-state index contributed by atoms with van der Waals surface area (Å²) in [5, 5.41) is 2.42. The zero-order chi connectivity index (χ0) is 34.2. The third-order valence-electron chi connectivity index (χ3n) is 10.9. The van der Waals surface area contributed by atoms with Gasteiger partial charge in [-0.15, -0.1) is 0 Å². The summed E-state index contributed by atoms with van der Waals surface area (Å²) in [6.45, 7) is 0. The maximum absolute atomic E-state index is 7.09. The second-order valence-electron chi connectivity index (χ2n) is 13.6. The Kier molecular flexibility index (Phi) is 6.17. The van der Waals surface area contributed by atoms with Crippen molar-refractivity contribution in [1.82, 2.24) is 4.57 Å². The van der Waals surface area contributed by atoms with Crippen molar-refractivity contribution in [2.45, 2.75) is 5.41 Å². The zero-order valence-electron chi connectivity index (χ0n) is 28.2. The largest absolute Gasteiger partial charge is 0.457 e. The van der Waals surface area contributed by atoms with Gasteiger partial charge in [0.15, 0.2) is 0 Å². The minimum Gasteiger partial charge on any atom is -0.457 e. The van der Waals surface area contributed by atoms with E-state index in [2.05, 4.69) is 193 Å². The Balaban J connectivity index is 1.33. The molecule has 11 rings (SSSR count). The van der Waals surface area contributed by atoms with Gasteiger partial charge >= 0.3 is 0 Å². The number of hydrogen-bond acceptors (Lipinski definition) is 2. The van der Waals surface area contributed by atoms with Crippen molar-refractivity contribution in [3.63, 3.8) is 0 Å². The van der Waals surface area contributed by atoms with Crippen LogP contribution in [-0.4, -0.2) is 4.57 Å². The predicted molar refractivity (Wildman–Crippen MR) is 210 cm³/mol. The van der Waals surface area contributed by atoms with Crippen LogP contribution in [0.3, 0.4) is 0 Å². The molecule has 3 heterocycles. The van der Waals surface area contributed by atoms with Gasteiger partial charge in [-0.2, -0.15) is 0 Å². The molecule has 0 unspecified atom stereocenters. The van der Waals surface area contributed by atoms with Gasteiger partial charge in [0, 0.05) is 38.7 Å². The van der Waals surface area contributed by atoms with Crippen molar-refractivity contribution in [2.75, 3.05) is 0 Å². The molecule has 8 aromatic carbocycles. The monoisotopic (exact) mass is 665 g/mol. The van der Waals surface area contributed by atoms with E-state index in [9.17, 15) is 0 Å². The van der Waals surface area contributed by atoms with E-state index < -0.39 is 5.41 Å². The molecule has 1 aromatic heterocycles. The highest BCUT2D eigenvalue weighted by molar-refractivity contribution is 6.16. The molecule has 3 nitrogen and oxygen atoms in total. The van der Waals surface area contributed by atoms with Gasteiger partial charge in [-0.1, -0.05) is 140 Å². The second-order valence-corrected chi connectivity index (χ2v) is 13.6. The summed E-state index contributed by atoms with van der Waals surface area (Å²) in [5.74, 6) is 3.37. The number of aromatic nitrogens is 1. The molecule has 9 aromatic rings. The summed E-state index contributed by atoms with van der Waals surface area (Å²) in [7, 11) is 0. The second kappa shape index (κ2) is 11.1. The molecule has 0 amide bonds. The molecule has 0 radical (unpaired) electrons. The van der Waals surface area contributed by atoms with E-state index in [-0.39, 0.29) is 0 Å². The molecule has 0 fully saturated rings. The standard InChI is InChI=1S/C49H31NO2/c1-3-16-32(17-4-1)34-21-14-30-44-47(34)49(38-24-8-11-28-42(38)51-43-29-12-9-25-39(43)49)48-36(23-15-31-45(48)52-44)35-22-13-27-41-46(35)37-20-7-10-26-40(37)50(41)33-18-5-2-6-19-33/h1-31H. The molecule has 0 atom stereocenters. The Bertz CT molecular complexity index is 2810. The summed E-state index contributed by atoms with van der Waals surface area (Å²) in [5.41, 5.74) is 11.6. The Labute approximate surface area is 301 Å². The van der Waals surface area contributed by atoms with E-state index in [1.165, 1.54) is 16.3 Å². The first-order chi connectivity index (χ1) is 25.8.